The fourth-order valence-corrected chi connectivity index (χ4v) is 3.38. The third-order valence-corrected chi connectivity index (χ3v) is 4.96. The van der Waals surface area contributed by atoms with Gasteiger partial charge in [0, 0.05) is 23.7 Å². The highest BCUT2D eigenvalue weighted by atomic mass is 32.2. The summed E-state index contributed by atoms with van der Waals surface area (Å²) in [6.07, 6.45) is 2.82. The molecule has 4 heteroatoms. The van der Waals surface area contributed by atoms with Crippen molar-refractivity contribution in [2.24, 2.45) is 5.73 Å². The van der Waals surface area contributed by atoms with E-state index in [1.54, 1.807) is 7.11 Å². The van der Waals surface area contributed by atoms with E-state index >= 15 is 0 Å². The summed E-state index contributed by atoms with van der Waals surface area (Å²) in [5.41, 5.74) is 7.47. The Labute approximate surface area is 119 Å². The first-order valence-corrected chi connectivity index (χ1v) is 7.88. The summed E-state index contributed by atoms with van der Waals surface area (Å²) in [6.45, 7) is 3.11. The van der Waals surface area contributed by atoms with Crippen molar-refractivity contribution < 1.29 is 9.47 Å². The molecule has 3 atom stereocenters. The second kappa shape index (κ2) is 7.17. The Balaban J connectivity index is 1.84. The van der Waals surface area contributed by atoms with Crippen LogP contribution >= 0.6 is 11.8 Å². The van der Waals surface area contributed by atoms with Crippen LogP contribution in [0.1, 0.15) is 31.4 Å². The quantitative estimate of drug-likeness (QED) is 0.870. The van der Waals surface area contributed by atoms with Crippen molar-refractivity contribution in [1.29, 1.82) is 0 Å². The molecule has 1 saturated heterocycles. The van der Waals surface area contributed by atoms with E-state index in [0.717, 1.165) is 23.7 Å². The molecule has 19 heavy (non-hydrogen) atoms. The molecule has 2 rings (SSSR count). The van der Waals surface area contributed by atoms with E-state index in [0.29, 0.717) is 11.4 Å². The van der Waals surface area contributed by atoms with Crippen molar-refractivity contribution >= 4 is 11.8 Å². The van der Waals surface area contributed by atoms with Crippen molar-refractivity contribution in [3.8, 4) is 5.75 Å². The molecule has 3 nitrogen and oxygen atoms in total. The number of hydrogen-bond donors (Lipinski definition) is 1. The maximum absolute atomic E-state index is 6.31. The van der Waals surface area contributed by atoms with Crippen molar-refractivity contribution in [2.75, 3.05) is 19.5 Å². The van der Waals surface area contributed by atoms with Gasteiger partial charge in [-0.05, 0) is 30.5 Å². The molecule has 1 aliphatic heterocycles. The van der Waals surface area contributed by atoms with Crippen LogP contribution in [0.2, 0.25) is 0 Å². The Morgan fingerprint density at radius 1 is 1.42 bits per heavy atom. The van der Waals surface area contributed by atoms with Gasteiger partial charge in [0.05, 0.1) is 13.2 Å². The average molecular weight is 281 g/mol. The molecular weight excluding hydrogens is 258 g/mol. The predicted octanol–water partition coefficient (Wildman–Crippen LogP) is 3.00. The Morgan fingerprint density at radius 3 is 2.74 bits per heavy atom. The summed E-state index contributed by atoms with van der Waals surface area (Å²) in [6, 6.07) is 8.08. The second-order valence-electron chi connectivity index (χ2n) is 4.97. The van der Waals surface area contributed by atoms with Crippen molar-refractivity contribution in [1.82, 2.24) is 0 Å². The molecule has 0 aromatic heterocycles. The first kappa shape index (κ1) is 14.7. The van der Waals surface area contributed by atoms with Crippen LogP contribution in [-0.2, 0) is 4.74 Å². The summed E-state index contributed by atoms with van der Waals surface area (Å²) in [4.78, 5) is 0. The summed E-state index contributed by atoms with van der Waals surface area (Å²) in [7, 11) is 1.68. The van der Waals surface area contributed by atoms with Crippen LogP contribution in [0.15, 0.2) is 24.3 Å². The van der Waals surface area contributed by atoms with Crippen LogP contribution in [0.25, 0.3) is 0 Å². The molecule has 1 aromatic rings. The number of methoxy groups -OCH3 is 1. The van der Waals surface area contributed by atoms with Gasteiger partial charge in [0.25, 0.3) is 0 Å². The van der Waals surface area contributed by atoms with Gasteiger partial charge in [-0.2, -0.15) is 11.8 Å². The maximum atomic E-state index is 6.31. The van der Waals surface area contributed by atoms with Crippen LogP contribution < -0.4 is 10.5 Å². The number of thioether (sulfide) groups is 1. The zero-order valence-electron chi connectivity index (χ0n) is 11.7. The molecule has 3 unspecified atom stereocenters. The van der Waals surface area contributed by atoms with Gasteiger partial charge in [-0.25, -0.2) is 0 Å². The lowest BCUT2D eigenvalue weighted by Gasteiger charge is -2.21. The Morgan fingerprint density at radius 2 is 2.16 bits per heavy atom. The Bertz CT molecular complexity index is 376. The van der Waals surface area contributed by atoms with Crippen molar-refractivity contribution in [3.63, 3.8) is 0 Å². The van der Waals surface area contributed by atoms with Crippen LogP contribution in [0, 0.1) is 0 Å². The standard InChI is InChI=1S/C15H23NO2S/c1-11(19-10-14-4-3-9-18-14)15(16)12-5-7-13(17-2)8-6-12/h5-8,11,14-15H,3-4,9-10,16H2,1-2H3. The van der Waals surface area contributed by atoms with Gasteiger partial charge in [0.2, 0.25) is 0 Å². The van der Waals surface area contributed by atoms with Crippen LogP contribution in [0.3, 0.4) is 0 Å². The first-order valence-electron chi connectivity index (χ1n) is 6.83. The molecule has 0 spiro atoms. The Kier molecular flexibility index (Phi) is 5.55. The maximum Gasteiger partial charge on any atom is 0.118 e. The van der Waals surface area contributed by atoms with Gasteiger partial charge >= 0.3 is 0 Å². The van der Waals surface area contributed by atoms with Gasteiger partial charge < -0.3 is 15.2 Å². The average Bonchev–Trinajstić information content (AvgIpc) is 2.97. The third-order valence-electron chi connectivity index (χ3n) is 3.58. The molecule has 0 radical (unpaired) electrons. The molecule has 2 N–H and O–H groups in total. The number of ether oxygens (including phenoxy) is 2. The lowest BCUT2D eigenvalue weighted by atomic mass is 10.1. The number of hydrogen-bond acceptors (Lipinski definition) is 4. The molecule has 0 saturated carbocycles. The minimum Gasteiger partial charge on any atom is -0.497 e. The zero-order valence-corrected chi connectivity index (χ0v) is 12.5. The van der Waals surface area contributed by atoms with Gasteiger partial charge in [0.15, 0.2) is 0 Å². The summed E-state index contributed by atoms with van der Waals surface area (Å²) < 4.78 is 10.8. The SMILES string of the molecule is COc1ccc(C(N)C(C)SCC2CCCO2)cc1. The number of benzene rings is 1. The van der Waals surface area contributed by atoms with E-state index in [1.807, 2.05) is 36.0 Å². The lowest BCUT2D eigenvalue weighted by Crippen LogP contribution is -2.23. The van der Waals surface area contributed by atoms with E-state index in [-0.39, 0.29) is 6.04 Å². The van der Waals surface area contributed by atoms with E-state index < -0.39 is 0 Å². The molecule has 0 amide bonds. The monoisotopic (exact) mass is 281 g/mol. The van der Waals surface area contributed by atoms with Crippen molar-refractivity contribution in [2.45, 2.75) is 37.2 Å². The minimum absolute atomic E-state index is 0.0531. The predicted molar refractivity (Wildman–Crippen MR) is 80.8 cm³/mol. The molecule has 1 fully saturated rings. The largest absolute Gasteiger partial charge is 0.497 e. The fourth-order valence-electron chi connectivity index (χ4n) is 2.24. The van der Waals surface area contributed by atoms with Crippen molar-refractivity contribution in [3.05, 3.63) is 29.8 Å². The first-order chi connectivity index (χ1) is 9.20. The second-order valence-corrected chi connectivity index (χ2v) is 6.38. The molecule has 0 aliphatic carbocycles. The molecule has 106 valence electrons. The Hall–Kier alpha value is -0.710. The normalized spacial score (nSPS) is 22.2. The van der Waals surface area contributed by atoms with Gasteiger partial charge in [-0.15, -0.1) is 0 Å². The molecule has 1 aliphatic rings. The van der Waals surface area contributed by atoms with Gasteiger partial charge in [-0.1, -0.05) is 19.1 Å². The van der Waals surface area contributed by atoms with E-state index in [2.05, 4.69) is 6.92 Å². The molecule has 1 aromatic carbocycles. The summed E-state index contributed by atoms with van der Waals surface area (Å²) >= 11 is 1.91. The molecular formula is C15H23NO2S. The molecule has 0 bridgehead atoms. The third kappa shape index (κ3) is 4.13. The smallest absolute Gasteiger partial charge is 0.118 e. The summed E-state index contributed by atoms with van der Waals surface area (Å²) in [5.74, 6) is 1.92. The summed E-state index contributed by atoms with van der Waals surface area (Å²) in [5, 5.41) is 0.387. The number of nitrogens with two attached hydrogens (primary N) is 1. The van der Waals surface area contributed by atoms with Gasteiger partial charge in [0.1, 0.15) is 5.75 Å². The van der Waals surface area contributed by atoms with E-state index in [1.165, 1.54) is 12.8 Å². The van der Waals surface area contributed by atoms with E-state index in [4.69, 9.17) is 15.2 Å². The van der Waals surface area contributed by atoms with Crippen LogP contribution in [0.5, 0.6) is 5.75 Å². The highest BCUT2D eigenvalue weighted by Gasteiger charge is 2.20. The molecule has 1 heterocycles. The number of rotatable bonds is 6. The van der Waals surface area contributed by atoms with Crippen LogP contribution in [-0.4, -0.2) is 30.8 Å². The zero-order chi connectivity index (χ0) is 13.7. The highest BCUT2D eigenvalue weighted by Crippen LogP contribution is 2.28. The fraction of sp³-hybridized carbons (Fsp3) is 0.600. The van der Waals surface area contributed by atoms with Crippen LogP contribution in [0.4, 0.5) is 0 Å². The lowest BCUT2D eigenvalue weighted by molar-refractivity contribution is 0.128. The van der Waals surface area contributed by atoms with Gasteiger partial charge in [-0.3, -0.25) is 0 Å². The highest BCUT2D eigenvalue weighted by molar-refractivity contribution is 7.99. The van der Waals surface area contributed by atoms with E-state index in [9.17, 15) is 0 Å². The topological polar surface area (TPSA) is 44.5 Å². The minimum atomic E-state index is 0.0531.